The molecule has 0 saturated heterocycles. The van der Waals surface area contributed by atoms with Gasteiger partial charge >= 0.3 is 0 Å². The van der Waals surface area contributed by atoms with E-state index in [1.807, 2.05) is 127 Å². The van der Waals surface area contributed by atoms with Gasteiger partial charge in [0.15, 0.2) is 0 Å². The fraction of sp³-hybridized carbons (Fsp3) is 0.212. The summed E-state index contributed by atoms with van der Waals surface area (Å²) in [5.74, 6) is -0.592. The van der Waals surface area contributed by atoms with Crippen LogP contribution in [0.5, 0.6) is 0 Å². The summed E-state index contributed by atoms with van der Waals surface area (Å²) >= 11 is 0. The van der Waals surface area contributed by atoms with Gasteiger partial charge in [0, 0.05) is 18.7 Å². The highest BCUT2D eigenvalue weighted by Gasteiger charge is 2.31. The molecule has 37 heavy (non-hydrogen) atoms. The minimum Gasteiger partial charge on any atom is -0.335 e. The van der Waals surface area contributed by atoms with Gasteiger partial charge in [0.05, 0.1) is 12.0 Å². The second kappa shape index (κ2) is 12.7. The molecule has 0 aliphatic rings. The topological polar surface area (TPSA) is 49.4 Å². The second-order valence-corrected chi connectivity index (χ2v) is 9.22. The van der Waals surface area contributed by atoms with Crippen molar-refractivity contribution in [2.45, 2.75) is 38.6 Å². The summed E-state index contributed by atoms with van der Waals surface area (Å²) in [6.07, 6.45) is 1.15. The monoisotopic (exact) mass is 490 g/mol. The van der Waals surface area contributed by atoms with Crippen molar-refractivity contribution >= 4 is 17.5 Å². The van der Waals surface area contributed by atoms with Crippen molar-refractivity contribution in [1.82, 2.24) is 4.90 Å². The molecule has 0 aliphatic heterocycles. The highest BCUT2D eigenvalue weighted by molar-refractivity contribution is 5.92. The molecule has 0 radical (unpaired) electrons. The summed E-state index contributed by atoms with van der Waals surface area (Å²) in [5.41, 5.74) is 4.89. The first-order chi connectivity index (χ1) is 18.1. The van der Waals surface area contributed by atoms with E-state index in [-0.39, 0.29) is 24.3 Å². The van der Waals surface area contributed by atoms with Crippen molar-refractivity contribution in [2.24, 2.45) is 0 Å². The first-order valence-electron chi connectivity index (χ1n) is 12.9. The zero-order valence-corrected chi connectivity index (χ0v) is 21.5. The Balaban J connectivity index is 1.60. The van der Waals surface area contributed by atoms with Gasteiger partial charge in [-0.15, -0.1) is 0 Å². The Morgan fingerprint density at radius 2 is 1.19 bits per heavy atom. The van der Waals surface area contributed by atoms with E-state index in [1.165, 1.54) is 5.56 Å². The Morgan fingerprint density at radius 3 is 1.68 bits per heavy atom. The summed E-state index contributed by atoms with van der Waals surface area (Å²) < 4.78 is 0. The van der Waals surface area contributed by atoms with E-state index in [2.05, 4.69) is 12.2 Å². The number of carbonyl (C=O) groups is 2. The maximum Gasteiger partial charge on any atom is 0.235 e. The normalized spacial score (nSPS) is 11.6. The molecule has 0 aliphatic carbocycles. The quantitative estimate of drug-likeness (QED) is 0.260. The number of hydrogen-bond acceptors (Lipinski definition) is 2. The van der Waals surface area contributed by atoms with E-state index >= 15 is 0 Å². The van der Waals surface area contributed by atoms with Gasteiger partial charge in [-0.3, -0.25) is 9.59 Å². The average molecular weight is 491 g/mol. The molecule has 188 valence electrons. The Kier molecular flexibility index (Phi) is 8.88. The molecule has 0 aromatic heterocycles. The summed E-state index contributed by atoms with van der Waals surface area (Å²) in [5, 5.41) is 2.98. The van der Waals surface area contributed by atoms with Gasteiger partial charge in [0.25, 0.3) is 0 Å². The van der Waals surface area contributed by atoms with E-state index in [1.54, 1.807) is 0 Å². The van der Waals surface area contributed by atoms with Crippen LogP contribution in [0.1, 0.15) is 54.5 Å². The van der Waals surface area contributed by atoms with Gasteiger partial charge in [-0.2, -0.15) is 0 Å². The van der Waals surface area contributed by atoms with Gasteiger partial charge in [-0.05, 0) is 47.7 Å². The maximum absolute atomic E-state index is 14.3. The predicted octanol–water partition coefficient (Wildman–Crippen LogP) is 7.00. The van der Waals surface area contributed by atoms with Crippen molar-refractivity contribution in [3.63, 3.8) is 0 Å². The lowest BCUT2D eigenvalue weighted by molar-refractivity contribution is -0.134. The third kappa shape index (κ3) is 6.73. The zero-order valence-electron chi connectivity index (χ0n) is 21.5. The molecule has 4 aromatic carbocycles. The van der Waals surface area contributed by atoms with Crippen molar-refractivity contribution in [1.29, 1.82) is 0 Å². The minimum atomic E-state index is -0.460. The number of nitrogens with one attached hydrogen (secondary N) is 1. The summed E-state index contributed by atoms with van der Waals surface area (Å²) in [6.45, 7) is 4.44. The van der Waals surface area contributed by atoms with Crippen LogP contribution in [0, 0.1) is 0 Å². The molecule has 4 nitrogen and oxygen atoms in total. The Labute approximate surface area is 220 Å². The zero-order chi connectivity index (χ0) is 26.0. The van der Waals surface area contributed by atoms with Crippen LogP contribution in [-0.4, -0.2) is 23.3 Å². The molecule has 2 amide bonds. The molecule has 4 heteroatoms. The average Bonchev–Trinajstić information content (AvgIpc) is 2.95. The van der Waals surface area contributed by atoms with Crippen LogP contribution in [0.2, 0.25) is 0 Å². The van der Waals surface area contributed by atoms with E-state index in [4.69, 9.17) is 0 Å². The van der Waals surface area contributed by atoms with Crippen molar-refractivity contribution in [3.8, 4) is 0 Å². The number of benzene rings is 4. The van der Waals surface area contributed by atoms with Crippen LogP contribution >= 0.6 is 0 Å². The van der Waals surface area contributed by atoms with Gasteiger partial charge in [-0.1, -0.05) is 110 Å². The van der Waals surface area contributed by atoms with Crippen LogP contribution in [0.25, 0.3) is 0 Å². The lowest BCUT2D eigenvalue weighted by Gasteiger charge is -2.33. The molecule has 1 unspecified atom stereocenters. The van der Waals surface area contributed by atoms with E-state index < -0.39 is 5.92 Å². The van der Waals surface area contributed by atoms with Crippen molar-refractivity contribution in [3.05, 3.63) is 138 Å². The van der Waals surface area contributed by atoms with Crippen LogP contribution in [0.3, 0.4) is 0 Å². The molecule has 0 heterocycles. The Bertz CT molecular complexity index is 1230. The van der Waals surface area contributed by atoms with Crippen molar-refractivity contribution in [2.75, 3.05) is 11.9 Å². The number of rotatable bonds is 10. The van der Waals surface area contributed by atoms with Crippen molar-refractivity contribution < 1.29 is 9.59 Å². The molecule has 4 rings (SSSR count). The first-order valence-corrected chi connectivity index (χ1v) is 12.9. The third-order valence-electron chi connectivity index (χ3n) is 6.77. The fourth-order valence-electron chi connectivity index (χ4n) is 4.61. The smallest absolute Gasteiger partial charge is 0.235 e. The molecular formula is C33H34N2O2. The van der Waals surface area contributed by atoms with Gasteiger partial charge in [-0.25, -0.2) is 0 Å². The van der Waals surface area contributed by atoms with Crippen LogP contribution in [0.15, 0.2) is 115 Å². The maximum atomic E-state index is 14.3. The van der Waals surface area contributed by atoms with Gasteiger partial charge in [0.2, 0.25) is 11.8 Å². The lowest BCUT2D eigenvalue weighted by atomic mass is 9.89. The molecular weight excluding hydrogens is 456 g/mol. The van der Waals surface area contributed by atoms with E-state index in [0.29, 0.717) is 6.54 Å². The summed E-state index contributed by atoms with van der Waals surface area (Å²) in [6, 6.07) is 37.4. The van der Waals surface area contributed by atoms with Gasteiger partial charge in [0.1, 0.15) is 0 Å². The predicted molar refractivity (Wildman–Crippen MR) is 150 cm³/mol. The standard InChI is InChI=1S/C33H34N2O2/c1-3-26-19-21-30(22-20-26)34-31(36)23-24-35(25(2)27-13-7-4-8-14-27)33(37)32(28-15-9-5-10-16-28)29-17-11-6-12-18-29/h4-22,25,32H,3,23-24H2,1-2H3,(H,34,36). The molecule has 4 aromatic rings. The lowest BCUT2D eigenvalue weighted by Crippen LogP contribution is -2.39. The number of nitrogens with zero attached hydrogens (tertiary/aromatic N) is 1. The molecule has 0 saturated carbocycles. The van der Waals surface area contributed by atoms with Crippen LogP contribution < -0.4 is 5.32 Å². The molecule has 1 atom stereocenters. The Hall–Kier alpha value is -4.18. The highest BCUT2D eigenvalue weighted by atomic mass is 16.2. The molecule has 0 spiro atoms. The summed E-state index contributed by atoms with van der Waals surface area (Å²) in [4.78, 5) is 29.1. The molecule has 0 fully saturated rings. The largest absolute Gasteiger partial charge is 0.335 e. The summed E-state index contributed by atoms with van der Waals surface area (Å²) in [7, 11) is 0. The van der Waals surface area contributed by atoms with Crippen LogP contribution in [-0.2, 0) is 16.0 Å². The number of carbonyl (C=O) groups excluding carboxylic acids is 2. The first kappa shape index (κ1) is 25.9. The highest BCUT2D eigenvalue weighted by Crippen LogP contribution is 2.31. The third-order valence-corrected chi connectivity index (χ3v) is 6.77. The van der Waals surface area contributed by atoms with Gasteiger partial charge < -0.3 is 10.2 Å². The minimum absolute atomic E-state index is 0.0196. The number of anilines is 1. The van der Waals surface area contributed by atoms with E-state index in [9.17, 15) is 9.59 Å². The SMILES string of the molecule is CCc1ccc(NC(=O)CCN(C(=O)C(c2ccccc2)c2ccccc2)C(C)c2ccccc2)cc1. The fourth-order valence-corrected chi connectivity index (χ4v) is 4.61. The van der Waals surface area contributed by atoms with Crippen LogP contribution in [0.4, 0.5) is 5.69 Å². The number of hydrogen-bond donors (Lipinski definition) is 1. The number of amides is 2. The Morgan fingerprint density at radius 1 is 0.703 bits per heavy atom. The van der Waals surface area contributed by atoms with E-state index in [0.717, 1.165) is 28.8 Å². The molecule has 0 bridgehead atoms. The second-order valence-electron chi connectivity index (χ2n) is 9.22. The molecule has 1 N–H and O–H groups in total. The number of aryl methyl sites for hydroxylation is 1.